The molecule has 1 saturated heterocycles. The van der Waals surface area contributed by atoms with Crippen molar-refractivity contribution in [3.05, 3.63) is 40.9 Å². The van der Waals surface area contributed by atoms with Crippen LogP contribution in [0.4, 0.5) is 5.82 Å². The molecule has 1 aliphatic heterocycles. The van der Waals surface area contributed by atoms with Crippen molar-refractivity contribution >= 4 is 16.7 Å². The van der Waals surface area contributed by atoms with Crippen molar-refractivity contribution in [1.29, 1.82) is 0 Å². The van der Waals surface area contributed by atoms with Crippen LogP contribution in [0.3, 0.4) is 0 Å². The number of ether oxygens (including phenoxy) is 3. The van der Waals surface area contributed by atoms with Crippen molar-refractivity contribution in [3.8, 4) is 22.8 Å². The van der Waals surface area contributed by atoms with Crippen molar-refractivity contribution in [2.24, 2.45) is 7.05 Å². The van der Waals surface area contributed by atoms with Gasteiger partial charge in [-0.05, 0) is 37.1 Å². The summed E-state index contributed by atoms with van der Waals surface area (Å²) in [6.07, 6.45) is 3.39. The largest absolute Gasteiger partial charge is 0.493 e. The van der Waals surface area contributed by atoms with Crippen molar-refractivity contribution in [2.75, 3.05) is 58.4 Å². The number of pyridine rings is 1. The maximum atomic E-state index is 12.7. The normalized spacial score (nSPS) is 14.3. The quantitative estimate of drug-likeness (QED) is 0.455. The van der Waals surface area contributed by atoms with E-state index in [9.17, 15) is 4.79 Å². The molecule has 34 heavy (non-hydrogen) atoms. The van der Waals surface area contributed by atoms with E-state index in [1.54, 1.807) is 14.2 Å². The topological polar surface area (TPSA) is 90.7 Å². The third kappa shape index (κ3) is 5.48. The van der Waals surface area contributed by atoms with Gasteiger partial charge in [0.2, 0.25) is 0 Å². The van der Waals surface area contributed by atoms with Crippen molar-refractivity contribution < 1.29 is 14.2 Å². The average molecular weight is 468 g/mol. The Balaban J connectivity index is 1.54. The van der Waals surface area contributed by atoms with Gasteiger partial charge in [-0.3, -0.25) is 9.69 Å². The fourth-order valence-corrected chi connectivity index (χ4v) is 3.98. The number of aromatic nitrogens is 3. The summed E-state index contributed by atoms with van der Waals surface area (Å²) in [4.78, 5) is 24.3. The minimum atomic E-state index is -0.124. The fourth-order valence-electron chi connectivity index (χ4n) is 3.98. The van der Waals surface area contributed by atoms with E-state index in [0.717, 1.165) is 51.3 Å². The molecule has 1 fully saturated rings. The van der Waals surface area contributed by atoms with Gasteiger partial charge in [-0.25, -0.2) is 9.97 Å². The summed E-state index contributed by atoms with van der Waals surface area (Å²) in [6.45, 7) is 7.95. The lowest BCUT2D eigenvalue weighted by Gasteiger charge is -2.26. The Morgan fingerprint density at radius 3 is 2.76 bits per heavy atom. The number of aryl methyl sites for hydroxylation is 1. The van der Waals surface area contributed by atoms with E-state index in [-0.39, 0.29) is 5.56 Å². The van der Waals surface area contributed by atoms with Crippen LogP contribution in [0, 0.1) is 0 Å². The maximum absolute atomic E-state index is 12.7. The van der Waals surface area contributed by atoms with Gasteiger partial charge in [-0.15, -0.1) is 0 Å². The van der Waals surface area contributed by atoms with Crippen LogP contribution >= 0.6 is 0 Å². The van der Waals surface area contributed by atoms with E-state index in [2.05, 4.69) is 22.1 Å². The van der Waals surface area contributed by atoms with Crippen molar-refractivity contribution in [2.45, 2.75) is 19.8 Å². The highest BCUT2D eigenvalue weighted by Crippen LogP contribution is 2.33. The van der Waals surface area contributed by atoms with Crippen molar-refractivity contribution in [1.82, 2.24) is 19.4 Å². The third-order valence-electron chi connectivity index (χ3n) is 5.88. The summed E-state index contributed by atoms with van der Waals surface area (Å²) in [6, 6.07) is 7.62. The summed E-state index contributed by atoms with van der Waals surface area (Å²) in [5.41, 5.74) is 2.06. The molecule has 3 heterocycles. The molecule has 0 spiro atoms. The second-order valence-electron chi connectivity index (χ2n) is 8.36. The lowest BCUT2D eigenvalue weighted by molar-refractivity contribution is 0.0357. The first-order chi connectivity index (χ1) is 16.6. The van der Waals surface area contributed by atoms with E-state index in [1.807, 2.05) is 24.3 Å². The van der Waals surface area contributed by atoms with Gasteiger partial charge >= 0.3 is 0 Å². The van der Waals surface area contributed by atoms with Gasteiger partial charge in [0, 0.05) is 38.8 Å². The molecule has 0 unspecified atom stereocenters. The summed E-state index contributed by atoms with van der Waals surface area (Å²) < 4.78 is 18.5. The molecule has 0 radical (unpaired) electrons. The zero-order chi connectivity index (χ0) is 23.9. The highest BCUT2D eigenvalue weighted by molar-refractivity contribution is 5.91. The zero-order valence-corrected chi connectivity index (χ0v) is 20.2. The monoisotopic (exact) mass is 467 g/mol. The third-order valence-corrected chi connectivity index (χ3v) is 5.88. The predicted molar refractivity (Wildman–Crippen MR) is 133 cm³/mol. The second-order valence-corrected chi connectivity index (χ2v) is 8.36. The van der Waals surface area contributed by atoms with Crippen LogP contribution in [0.1, 0.15) is 19.8 Å². The van der Waals surface area contributed by atoms with Crippen LogP contribution in [-0.4, -0.2) is 72.5 Å². The van der Waals surface area contributed by atoms with E-state index in [0.29, 0.717) is 47.1 Å². The Bertz CT molecular complexity index is 1170. The van der Waals surface area contributed by atoms with Crippen LogP contribution < -0.4 is 20.3 Å². The van der Waals surface area contributed by atoms with Gasteiger partial charge in [0.1, 0.15) is 11.2 Å². The minimum Gasteiger partial charge on any atom is -0.493 e. The molecule has 0 aliphatic carbocycles. The van der Waals surface area contributed by atoms with Gasteiger partial charge in [0.15, 0.2) is 11.5 Å². The molecule has 0 saturated carbocycles. The Morgan fingerprint density at radius 1 is 1.18 bits per heavy atom. The van der Waals surface area contributed by atoms with Crippen LogP contribution in [0.15, 0.2) is 35.4 Å². The molecule has 9 heteroatoms. The van der Waals surface area contributed by atoms with E-state index in [1.165, 1.54) is 10.9 Å². The minimum absolute atomic E-state index is 0.124. The highest BCUT2D eigenvalue weighted by atomic mass is 16.5. The molecule has 0 amide bonds. The highest BCUT2D eigenvalue weighted by Gasteiger charge is 2.15. The maximum Gasteiger partial charge on any atom is 0.264 e. The molecular weight excluding hydrogens is 434 g/mol. The molecule has 3 aromatic rings. The lowest BCUT2D eigenvalue weighted by Crippen LogP contribution is -2.37. The number of rotatable bonds is 10. The molecule has 182 valence electrons. The van der Waals surface area contributed by atoms with Crippen LogP contribution in [0.25, 0.3) is 22.2 Å². The Hall–Kier alpha value is -3.17. The molecule has 0 bridgehead atoms. The number of nitrogens with one attached hydrogen (secondary N) is 1. The smallest absolute Gasteiger partial charge is 0.264 e. The van der Waals surface area contributed by atoms with Crippen LogP contribution in [0.5, 0.6) is 11.5 Å². The molecule has 1 N–H and O–H groups in total. The number of morpholine rings is 1. The molecule has 1 aliphatic rings. The number of hydrogen-bond donors (Lipinski definition) is 1. The SMILES string of the molecule is CCCNc1nc(-c2ccc(OCCCN3CCOCC3)c(OC)c2)cc2ncn(C)c(=O)c12. The van der Waals surface area contributed by atoms with E-state index < -0.39 is 0 Å². The first-order valence-corrected chi connectivity index (χ1v) is 11.8. The van der Waals surface area contributed by atoms with Gasteiger partial charge in [0.05, 0.1) is 44.5 Å². The zero-order valence-electron chi connectivity index (χ0n) is 20.2. The Kier molecular flexibility index (Phi) is 7.97. The van der Waals surface area contributed by atoms with E-state index in [4.69, 9.17) is 19.2 Å². The number of nitrogens with zero attached hydrogens (tertiary/aromatic N) is 4. The standard InChI is InChI=1S/C25H33N5O4/c1-4-8-26-24-23-20(27-17-29(2)25(23)31)16-19(28-24)18-6-7-21(22(15-18)32-3)34-12-5-9-30-10-13-33-14-11-30/h6-7,15-17H,4-5,8-14H2,1-3H3,(H,26,28). The average Bonchev–Trinajstić information content (AvgIpc) is 2.87. The summed E-state index contributed by atoms with van der Waals surface area (Å²) in [5.74, 6) is 1.89. The Morgan fingerprint density at radius 2 is 2.00 bits per heavy atom. The molecule has 2 aromatic heterocycles. The molecule has 9 nitrogen and oxygen atoms in total. The van der Waals surface area contributed by atoms with Gasteiger partial charge < -0.3 is 24.1 Å². The predicted octanol–water partition coefficient (Wildman–Crippen LogP) is 2.93. The number of methoxy groups -OCH3 is 1. The number of anilines is 1. The molecule has 1 aromatic carbocycles. The molecule has 0 atom stereocenters. The first-order valence-electron chi connectivity index (χ1n) is 11.8. The van der Waals surface area contributed by atoms with Crippen LogP contribution in [0.2, 0.25) is 0 Å². The number of hydrogen-bond acceptors (Lipinski definition) is 8. The fraction of sp³-hybridized carbons (Fsp3) is 0.480. The number of benzene rings is 1. The van der Waals surface area contributed by atoms with Crippen LogP contribution in [-0.2, 0) is 11.8 Å². The van der Waals surface area contributed by atoms with Gasteiger partial charge in [-0.1, -0.05) is 6.92 Å². The lowest BCUT2D eigenvalue weighted by atomic mass is 10.1. The second kappa shape index (κ2) is 11.3. The summed E-state index contributed by atoms with van der Waals surface area (Å²) in [7, 11) is 3.32. The van der Waals surface area contributed by atoms with Gasteiger partial charge in [-0.2, -0.15) is 0 Å². The summed E-state index contributed by atoms with van der Waals surface area (Å²) >= 11 is 0. The van der Waals surface area contributed by atoms with Gasteiger partial charge in [0.25, 0.3) is 5.56 Å². The number of fused-ring (bicyclic) bond motifs is 1. The van der Waals surface area contributed by atoms with Crippen molar-refractivity contribution in [3.63, 3.8) is 0 Å². The molecule has 4 rings (SSSR count). The van der Waals surface area contributed by atoms with E-state index >= 15 is 0 Å². The first kappa shape index (κ1) is 24.0. The Labute approximate surface area is 199 Å². The summed E-state index contributed by atoms with van der Waals surface area (Å²) in [5, 5.41) is 3.78. The molecular formula is C25H33N5O4.